The molecule has 1 N–H and O–H groups in total. The van der Waals surface area contributed by atoms with Gasteiger partial charge in [-0.05, 0) is 31.5 Å². The molecule has 0 bridgehead atoms. The normalized spacial score (nSPS) is 22.1. The molecule has 218 valence electrons. The molecular weight excluding hydrogens is 528 g/mol. The van der Waals surface area contributed by atoms with Crippen LogP contribution in [0.15, 0.2) is 24.3 Å². The SMILES string of the molecule is CCOc1ccc(Cc2c(O[C@@H]3O[C@H](COC(C)=O)[C@@H](OC(C)=O)[C@H](OC(C)=O)[C@H]3OC(C)=O)n[nH]c2C)cc1. The molecule has 2 heterocycles. The molecule has 13 heteroatoms. The molecule has 1 aromatic carbocycles. The number of benzene rings is 1. The van der Waals surface area contributed by atoms with Gasteiger partial charge in [-0.25, -0.2) is 0 Å². The largest absolute Gasteiger partial charge is 0.494 e. The van der Waals surface area contributed by atoms with Crippen LogP contribution in [0, 0.1) is 6.92 Å². The van der Waals surface area contributed by atoms with Gasteiger partial charge in [-0.1, -0.05) is 12.1 Å². The molecule has 0 radical (unpaired) electrons. The van der Waals surface area contributed by atoms with Gasteiger partial charge in [0.15, 0.2) is 12.2 Å². The van der Waals surface area contributed by atoms with Crippen molar-refractivity contribution in [3.05, 3.63) is 41.1 Å². The molecule has 0 saturated carbocycles. The van der Waals surface area contributed by atoms with E-state index in [1.807, 2.05) is 38.1 Å². The highest BCUT2D eigenvalue weighted by Gasteiger charge is 2.53. The molecule has 40 heavy (non-hydrogen) atoms. The van der Waals surface area contributed by atoms with E-state index in [-0.39, 0.29) is 12.5 Å². The van der Waals surface area contributed by atoms with Crippen molar-refractivity contribution < 1.29 is 52.3 Å². The van der Waals surface area contributed by atoms with Crippen LogP contribution >= 0.6 is 0 Å². The number of aromatic nitrogens is 2. The van der Waals surface area contributed by atoms with Crippen LogP contribution < -0.4 is 9.47 Å². The lowest BCUT2D eigenvalue weighted by molar-refractivity contribution is -0.289. The first-order valence-electron chi connectivity index (χ1n) is 12.7. The number of esters is 4. The van der Waals surface area contributed by atoms with E-state index in [1.54, 1.807) is 0 Å². The molecule has 0 spiro atoms. The Labute approximate surface area is 231 Å². The molecule has 5 atom stereocenters. The number of aryl methyl sites for hydroxylation is 1. The number of carbonyl (C=O) groups is 4. The van der Waals surface area contributed by atoms with Crippen molar-refractivity contribution in [3.63, 3.8) is 0 Å². The van der Waals surface area contributed by atoms with Gasteiger partial charge in [-0.3, -0.25) is 24.3 Å². The number of carbonyl (C=O) groups excluding carboxylic acids is 4. The Hall–Kier alpha value is -4.13. The topological polar surface area (TPSA) is 162 Å². The number of hydrogen-bond donors (Lipinski definition) is 1. The van der Waals surface area contributed by atoms with Crippen LogP contribution in [-0.2, 0) is 49.3 Å². The predicted octanol–water partition coefficient (Wildman–Crippen LogP) is 2.17. The molecule has 0 aliphatic carbocycles. The van der Waals surface area contributed by atoms with E-state index in [4.69, 9.17) is 33.2 Å². The van der Waals surface area contributed by atoms with Crippen molar-refractivity contribution >= 4 is 23.9 Å². The number of hydrogen-bond acceptors (Lipinski definition) is 12. The molecule has 0 amide bonds. The van der Waals surface area contributed by atoms with Crippen molar-refractivity contribution in [3.8, 4) is 11.6 Å². The Morgan fingerprint density at radius 1 is 0.875 bits per heavy atom. The first-order chi connectivity index (χ1) is 19.0. The fourth-order valence-corrected chi connectivity index (χ4v) is 4.20. The van der Waals surface area contributed by atoms with Crippen molar-refractivity contribution in [1.82, 2.24) is 10.2 Å². The standard InChI is InChI=1S/C27H34N2O11/c1-7-34-20-10-8-19(9-11-20)12-21-14(2)28-29-26(21)40-27-25(38-18(6)33)24(37-17(5)32)23(36-16(4)31)22(39-27)13-35-15(3)30/h8-11,22-25,27H,7,12-13H2,1-6H3,(H,28,29)/t22-,23-,24+,25-,27+/m1/s1. The minimum atomic E-state index is -1.39. The van der Waals surface area contributed by atoms with Gasteiger partial charge in [0.1, 0.15) is 18.5 Å². The maximum atomic E-state index is 12.1. The fraction of sp³-hybridized carbons (Fsp3) is 0.519. The molecule has 2 aromatic rings. The zero-order valence-electron chi connectivity index (χ0n) is 23.3. The first kappa shape index (κ1) is 30.4. The maximum Gasteiger partial charge on any atom is 0.303 e. The second-order valence-electron chi connectivity index (χ2n) is 9.07. The van der Waals surface area contributed by atoms with Crippen LogP contribution in [0.1, 0.15) is 51.4 Å². The summed E-state index contributed by atoms with van der Waals surface area (Å²) in [5.74, 6) is -1.92. The highest BCUT2D eigenvalue weighted by Crippen LogP contribution is 2.32. The Kier molecular flexibility index (Phi) is 10.5. The van der Waals surface area contributed by atoms with Gasteiger partial charge < -0.3 is 33.2 Å². The van der Waals surface area contributed by atoms with Crippen molar-refractivity contribution in [2.24, 2.45) is 0 Å². The fourth-order valence-electron chi connectivity index (χ4n) is 4.20. The van der Waals surface area contributed by atoms with E-state index >= 15 is 0 Å². The number of ether oxygens (including phenoxy) is 7. The van der Waals surface area contributed by atoms with Crippen LogP contribution in [0.4, 0.5) is 0 Å². The van der Waals surface area contributed by atoms with Gasteiger partial charge in [0, 0.05) is 45.4 Å². The molecule has 3 rings (SSSR count). The highest BCUT2D eigenvalue weighted by molar-refractivity contribution is 5.68. The summed E-state index contributed by atoms with van der Waals surface area (Å²) in [7, 11) is 0. The Balaban J connectivity index is 1.96. The second kappa shape index (κ2) is 13.8. The first-order valence-corrected chi connectivity index (χ1v) is 12.7. The van der Waals surface area contributed by atoms with Crippen molar-refractivity contribution in [2.75, 3.05) is 13.2 Å². The van der Waals surface area contributed by atoms with E-state index < -0.39 is 54.6 Å². The Bertz CT molecular complexity index is 1190. The van der Waals surface area contributed by atoms with E-state index in [9.17, 15) is 19.2 Å². The van der Waals surface area contributed by atoms with Crippen molar-refractivity contribution in [2.45, 2.75) is 78.7 Å². The number of nitrogens with zero attached hydrogens (tertiary/aromatic N) is 1. The smallest absolute Gasteiger partial charge is 0.303 e. The van der Waals surface area contributed by atoms with Crippen LogP contribution in [0.2, 0.25) is 0 Å². The van der Waals surface area contributed by atoms with Gasteiger partial charge in [0.05, 0.1) is 6.61 Å². The molecule has 1 aromatic heterocycles. The summed E-state index contributed by atoms with van der Waals surface area (Å²) >= 11 is 0. The summed E-state index contributed by atoms with van der Waals surface area (Å²) in [6.45, 7) is 8.55. The van der Waals surface area contributed by atoms with Gasteiger partial charge in [0.2, 0.25) is 18.3 Å². The molecular formula is C27H34N2O11. The molecule has 1 aliphatic rings. The van der Waals surface area contributed by atoms with E-state index in [2.05, 4.69) is 10.2 Å². The van der Waals surface area contributed by atoms with Gasteiger partial charge >= 0.3 is 23.9 Å². The number of rotatable bonds is 11. The number of aromatic amines is 1. The third-order valence-corrected chi connectivity index (χ3v) is 5.83. The summed E-state index contributed by atoms with van der Waals surface area (Å²) in [6.07, 6.45) is -6.09. The maximum absolute atomic E-state index is 12.1. The molecule has 1 aliphatic heterocycles. The Morgan fingerprint density at radius 3 is 2.05 bits per heavy atom. The van der Waals surface area contributed by atoms with Crippen molar-refractivity contribution in [1.29, 1.82) is 0 Å². The van der Waals surface area contributed by atoms with Gasteiger partial charge in [0.25, 0.3) is 0 Å². The van der Waals surface area contributed by atoms with E-state index in [0.29, 0.717) is 18.6 Å². The summed E-state index contributed by atoms with van der Waals surface area (Å²) in [6, 6.07) is 7.54. The van der Waals surface area contributed by atoms with Crippen LogP contribution in [0.5, 0.6) is 11.6 Å². The molecule has 13 nitrogen and oxygen atoms in total. The van der Waals surface area contributed by atoms with E-state index in [1.165, 1.54) is 6.92 Å². The quantitative estimate of drug-likeness (QED) is 0.314. The zero-order valence-corrected chi connectivity index (χ0v) is 23.3. The summed E-state index contributed by atoms with van der Waals surface area (Å²) in [4.78, 5) is 47.6. The van der Waals surface area contributed by atoms with Gasteiger partial charge in [-0.2, -0.15) is 0 Å². The lowest BCUT2D eigenvalue weighted by Gasteiger charge is -2.43. The summed E-state index contributed by atoms with van der Waals surface area (Å²) in [5, 5.41) is 7.13. The third kappa shape index (κ3) is 8.18. The van der Waals surface area contributed by atoms with Gasteiger partial charge in [-0.15, -0.1) is 5.10 Å². The molecule has 1 saturated heterocycles. The summed E-state index contributed by atoms with van der Waals surface area (Å²) < 4.78 is 39.0. The predicted molar refractivity (Wildman–Crippen MR) is 136 cm³/mol. The van der Waals surface area contributed by atoms with Crippen LogP contribution in [-0.4, -0.2) is 78.0 Å². The monoisotopic (exact) mass is 562 g/mol. The summed E-state index contributed by atoms with van der Waals surface area (Å²) in [5.41, 5.74) is 2.35. The second-order valence-corrected chi connectivity index (χ2v) is 9.07. The van der Waals surface area contributed by atoms with Crippen LogP contribution in [0.25, 0.3) is 0 Å². The highest BCUT2D eigenvalue weighted by atomic mass is 16.7. The lowest BCUT2D eigenvalue weighted by atomic mass is 9.98. The average molecular weight is 563 g/mol. The number of H-pyrrole nitrogens is 1. The molecule has 1 fully saturated rings. The molecule has 0 unspecified atom stereocenters. The minimum Gasteiger partial charge on any atom is -0.494 e. The Morgan fingerprint density at radius 2 is 1.48 bits per heavy atom. The third-order valence-electron chi connectivity index (χ3n) is 5.83. The zero-order chi connectivity index (χ0) is 29.4. The number of nitrogens with one attached hydrogen (secondary N) is 1. The average Bonchev–Trinajstić information content (AvgIpc) is 3.20. The lowest BCUT2D eigenvalue weighted by Crippen LogP contribution is -2.63. The van der Waals surface area contributed by atoms with Crippen LogP contribution in [0.3, 0.4) is 0 Å². The van der Waals surface area contributed by atoms with E-state index in [0.717, 1.165) is 37.8 Å². The minimum absolute atomic E-state index is 0.146.